The van der Waals surface area contributed by atoms with Crippen molar-refractivity contribution >= 4 is 16.6 Å². The number of hydrogen-bond donors (Lipinski definition) is 1. The Labute approximate surface area is 113 Å². The number of anilines is 1. The summed E-state index contributed by atoms with van der Waals surface area (Å²) in [5.74, 6) is 0.366. The Morgan fingerprint density at radius 1 is 1.26 bits per heavy atom. The van der Waals surface area contributed by atoms with E-state index in [0.717, 1.165) is 22.3 Å². The number of fused-ring (bicyclic) bond motifs is 1. The van der Waals surface area contributed by atoms with Crippen molar-refractivity contribution in [3.05, 3.63) is 35.3 Å². The minimum Gasteiger partial charge on any atom is -0.388 e. The van der Waals surface area contributed by atoms with Gasteiger partial charge in [0.2, 0.25) is 0 Å². The molecule has 0 amide bonds. The standard InChI is InChI=1S/C16H19FN2/c1-10-13(17)8-7-12-15(18-2)9-14(19-16(10)12)11-5-3-4-6-11/h7-9,11H,3-6H2,1-2H3,(H,18,19). The summed E-state index contributed by atoms with van der Waals surface area (Å²) in [4.78, 5) is 4.75. The molecule has 0 bridgehead atoms. The van der Waals surface area contributed by atoms with Gasteiger partial charge in [0.15, 0.2) is 0 Å². The van der Waals surface area contributed by atoms with Crippen LogP contribution >= 0.6 is 0 Å². The van der Waals surface area contributed by atoms with Crippen LogP contribution in [-0.2, 0) is 0 Å². The first-order chi connectivity index (χ1) is 9.20. The molecule has 1 aliphatic rings. The SMILES string of the molecule is CNc1cc(C2CCCC2)nc2c(C)c(F)ccc12. The average molecular weight is 258 g/mol. The summed E-state index contributed by atoms with van der Waals surface area (Å²) in [6.45, 7) is 1.81. The number of benzene rings is 1. The number of rotatable bonds is 2. The molecule has 3 rings (SSSR count). The summed E-state index contributed by atoms with van der Waals surface area (Å²) >= 11 is 0. The molecule has 2 nitrogen and oxygen atoms in total. The lowest BCUT2D eigenvalue weighted by Crippen LogP contribution is -2.02. The van der Waals surface area contributed by atoms with E-state index >= 15 is 0 Å². The van der Waals surface area contributed by atoms with Gasteiger partial charge in [-0.25, -0.2) is 4.39 Å². The third-order valence-corrected chi connectivity index (χ3v) is 4.23. The number of aromatic nitrogens is 1. The van der Waals surface area contributed by atoms with Crippen LogP contribution in [0.3, 0.4) is 0 Å². The summed E-state index contributed by atoms with van der Waals surface area (Å²) in [5, 5.41) is 4.22. The second kappa shape index (κ2) is 4.80. The minimum atomic E-state index is -0.175. The highest BCUT2D eigenvalue weighted by molar-refractivity contribution is 5.93. The van der Waals surface area contributed by atoms with Crippen molar-refractivity contribution in [1.82, 2.24) is 4.98 Å². The Morgan fingerprint density at radius 2 is 2.00 bits per heavy atom. The molecule has 100 valence electrons. The van der Waals surface area contributed by atoms with Crippen LogP contribution in [-0.4, -0.2) is 12.0 Å². The van der Waals surface area contributed by atoms with Gasteiger partial charge in [-0.05, 0) is 38.0 Å². The van der Waals surface area contributed by atoms with Crippen LogP contribution in [0, 0.1) is 12.7 Å². The molecule has 1 aliphatic carbocycles. The molecule has 2 aromatic rings. The molecular formula is C16H19FN2. The molecule has 1 saturated carbocycles. The Bertz CT molecular complexity index is 616. The Kier molecular flexibility index (Phi) is 3.13. The van der Waals surface area contributed by atoms with Gasteiger partial charge in [-0.2, -0.15) is 0 Å². The van der Waals surface area contributed by atoms with Crippen LogP contribution in [0.1, 0.15) is 42.9 Å². The van der Waals surface area contributed by atoms with Crippen molar-refractivity contribution in [3.63, 3.8) is 0 Å². The lowest BCUT2D eigenvalue weighted by atomic mass is 10.00. The van der Waals surface area contributed by atoms with Gasteiger partial charge in [-0.1, -0.05) is 12.8 Å². The van der Waals surface area contributed by atoms with Crippen molar-refractivity contribution in [1.29, 1.82) is 0 Å². The van der Waals surface area contributed by atoms with Crippen LogP contribution < -0.4 is 5.32 Å². The Morgan fingerprint density at radius 3 is 2.68 bits per heavy atom. The highest BCUT2D eigenvalue weighted by atomic mass is 19.1. The highest BCUT2D eigenvalue weighted by Crippen LogP contribution is 2.36. The molecule has 1 heterocycles. The van der Waals surface area contributed by atoms with E-state index in [9.17, 15) is 4.39 Å². The second-order valence-corrected chi connectivity index (χ2v) is 5.39. The number of halogens is 1. The Hall–Kier alpha value is -1.64. The van der Waals surface area contributed by atoms with Crippen molar-refractivity contribution in [3.8, 4) is 0 Å². The third kappa shape index (κ3) is 2.07. The molecule has 1 N–H and O–H groups in total. The van der Waals surface area contributed by atoms with Crippen LogP contribution in [0.4, 0.5) is 10.1 Å². The molecule has 1 aromatic carbocycles. The first kappa shape index (κ1) is 12.4. The molecule has 0 saturated heterocycles. The van der Waals surface area contributed by atoms with Crippen LogP contribution in [0.2, 0.25) is 0 Å². The minimum absolute atomic E-state index is 0.175. The number of pyridine rings is 1. The smallest absolute Gasteiger partial charge is 0.128 e. The van der Waals surface area contributed by atoms with Gasteiger partial charge in [-0.15, -0.1) is 0 Å². The van der Waals surface area contributed by atoms with Crippen molar-refractivity contribution in [2.24, 2.45) is 0 Å². The molecule has 3 heteroatoms. The normalized spacial score (nSPS) is 16.2. The summed E-state index contributed by atoms with van der Waals surface area (Å²) in [6.07, 6.45) is 4.97. The van der Waals surface area contributed by atoms with E-state index in [4.69, 9.17) is 4.98 Å². The number of nitrogens with zero attached hydrogens (tertiary/aromatic N) is 1. The summed E-state index contributed by atoms with van der Waals surface area (Å²) < 4.78 is 13.7. The fourth-order valence-electron chi connectivity index (χ4n) is 3.06. The fraction of sp³-hybridized carbons (Fsp3) is 0.438. The number of hydrogen-bond acceptors (Lipinski definition) is 2. The Balaban J connectivity index is 2.22. The predicted molar refractivity (Wildman–Crippen MR) is 77.2 cm³/mol. The molecule has 0 radical (unpaired) electrons. The van der Waals surface area contributed by atoms with Gasteiger partial charge in [-0.3, -0.25) is 4.98 Å². The molecular weight excluding hydrogens is 239 g/mol. The molecule has 0 spiro atoms. The zero-order valence-corrected chi connectivity index (χ0v) is 11.5. The monoisotopic (exact) mass is 258 g/mol. The van der Waals surface area contributed by atoms with Crippen LogP contribution in [0.5, 0.6) is 0 Å². The molecule has 1 fully saturated rings. The predicted octanol–water partition coefficient (Wildman–Crippen LogP) is 4.38. The summed E-state index contributed by atoms with van der Waals surface area (Å²) in [5.41, 5.74) is 3.61. The van der Waals surface area contributed by atoms with E-state index in [2.05, 4.69) is 11.4 Å². The molecule has 0 aliphatic heterocycles. The summed E-state index contributed by atoms with van der Waals surface area (Å²) in [7, 11) is 1.91. The maximum Gasteiger partial charge on any atom is 0.128 e. The number of aryl methyl sites for hydroxylation is 1. The van der Waals surface area contributed by atoms with Gasteiger partial charge in [0.1, 0.15) is 5.82 Å². The molecule has 0 unspecified atom stereocenters. The van der Waals surface area contributed by atoms with Gasteiger partial charge >= 0.3 is 0 Å². The van der Waals surface area contributed by atoms with Crippen molar-refractivity contribution in [2.45, 2.75) is 38.5 Å². The van der Waals surface area contributed by atoms with E-state index in [-0.39, 0.29) is 5.82 Å². The fourth-order valence-corrected chi connectivity index (χ4v) is 3.06. The zero-order chi connectivity index (χ0) is 13.4. The third-order valence-electron chi connectivity index (χ3n) is 4.23. The van der Waals surface area contributed by atoms with Gasteiger partial charge in [0.05, 0.1) is 5.52 Å². The molecule has 19 heavy (non-hydrogen) atoms. The lowest BCUT2D eigenvalue weighted by Gasteiger charge is -2.14. The zero-order valence-electron chi connectivity index (χ0n) is 11.5. The average Bonchev–Trinajstić information content (AvgIpc) is 2.96. The van der Waals surface area contributed by atoms with E-state index in [1.54, 1.807) is 0 Å². The first-order valence-electron chi connectivity index (χ1n) is 6.98. The van der Waals surface area contributed by atoms with Crippen LogP contribution in [0.15, 0.2) is 18.2 Å². The maximum absolute atomic E-state index is 13.7. The number of nitrogens with one attached hydrogen (secondary N) is 1. The topological polar surface area (TPSA) is 24.9 Å². The maximum atomic E-state index is 13.7. The molecule has 0 atom stereocenters. The highest BCUT2D eigenvalue weighted by Gasteiger charge is 2.20. The van der Waals surface area contributed by atoms with E-state index in [1.165, 1.54) is 31.7 Å². The van der Waals surface area contributed by atoms with E-state index < -0.39 is 0 Å². The van der Waals surface area contributed by atoms with Crippen LogP contribution in [0.25, 0.3) is 10.9 Å². The lowest BCUT2D eigenvalue weighted by molar-refractivity contribution is 0.620. The molecule has 1 aromatic heterocycles. The summed E-state index contributed by atoms with van der Waals surface area (Å²) in [6, 6.07) is 5.47. The second-order valence-electron chi connectivity index (χ2n) is 5.39. The van der Waals surface area contributed by atoms with Crippen molar-refractivity contribution < 1.29 is 4.39 Å². The van der Waals surface area contributed by atoms with Gasteiger partial charge < -0.3 is 5.32 Å². The van der Waals surface area contributed by atoms with Gasteiger partial charge in [0, 0.05) is 35.3 Å². The van der Waals surface area contributed by atoms with Gasteiger partial charge in [0.25, 0.3) is 0 Å². The van der Waals surface area contributed by atoms with E-state index in [1.807, 2.05) is 20.0 Å². The first-order valence-corrected chi connectivity index (χ1v) is 6.98. The quantitative estimate of drug-likeness (QED) is 0.864. The van der Waals surface area contributed by atoms with E-state index in [0.29, 0.717) is 11.5 Å². The largest absolute Gasteiger partial charge is 0.388 e. The van der Waals surface area contributed by atoms with Crippen molar-refractivity contribution in [2.75, 3.05) is 12.4 Å².